The van der Waals surface area contributed by atoms with E-state index in [0.717, 1.165) is 41.2 Å². The highest BCUT2D eigenvalue weighted by Crippen LogP contribution is 2.45. The van der Waals surface area contributed by atoms with Crippen molar-refractivity contribution in [1.29, 1.82) is 0 Å². The van der Waals surface area contributed by atoms with Crippen LogP contribution in [0.5, 0.6) is 5.75 Å². The zero-order chi connectivity index (χ0) is 21.3. The van der Waals surface area contributed by atoms with Gasteiger partial charge in [-0.2, -0.15) is 5.10 Å². The van der Waals surface area contributed by atoms with Crippen LogP contribution in [0, 0.1) is 6.92 Å². The molecule has 0 saturated carbocycles. The maximum Gasteiger partial charge on any atom is 0.235 e. The van der Waals surface area contributed by atoms with Crippen molar-refractivity contribution in [1.82, 2.24) is 9.78 Å². The molecule has 1 aromatic heterocycles. The first-order valence-corrected chi connectivity index (χ1v) is 11.4. The number of rotatable bonds is 5. The molecular weight excluding hydrogens is 398 g/mol. The number of thioether (sulfide) groups is 1. The third kappa shape index (κ3) is 4.27. The molecule has 1 fully saturated rings. The lowest BCUT2D eigenvalue weighted by atomic mass is 9.94. The summed E-state index contributed by atoms with van der Waals surface area (Å²) in [5.74, 6) is 2.07. The molecule has 6 nitrogen and oxygen atoms in total. The first kappa shape index (κ1) is 21.0. The molecule has 1 N–H and O–H groups in total. The number of fused-ring (bicyclic) bond motifs is 1. The number of anilines is 1. The highest BCUT2D eigenvalue weighted by molar-refractivity contribution is 8.00. The third-order valence-corrected chi connectivity index (χ3v) is 6.87. The van der Waals surface area contributed by atoms with Crippen molar-refractivity contribution in [2.45, 2.75) is 50.5 Å². The minimum Gasteiger partial charge on any atom is -0.490 e. The van der Waals surface area contributed by atoms with Crippen molar-refractivity contribution in [3.8, 4) is 5.75 Å². The molecule has 30 heavy (non-hydrogen) atoms. The van der Waals surface area contributed by atoms with Crippen molar-refractivity contribution < 1.29 is 14.3 Å². The minimum atomic E-state index is -0.195. The zero-order valence-electron chi connectivity index (χ0n) is 17.8. The second kappa shape index (κ2) is 8.47. The summed E-state index contributed by atoms with van der Waals surface area (Å²) in [7, 11) is 0. The second-order valence-corrected chi connectivity index (χ2v) is 9.55. The maximum absolute atomic E-state index is 12.5. The number of ether oxygens (including phenoxy) is 2. The monoisotopic (exact) mass is 427 g/mol. The largest absolute Gasteiger partial charge is 0.490 e. The van der Waals surface area contributed by atoms with E-state index < -0.39 is 0 Å². The predicted molar refractivity (Wildman–Crippen MR) is 120 cm³/mol. The van der Waals surface area contributed by atoms with Crippen LogP contribution in [0.1, 0.15) is 54.8 Å². The van der Waals surface area contributed by atoms with Crippen LogP contribution in [0.25, 0.3) is 0 Å². The van der Waals surface area contributed by atoms with Gasteiger partial charge in [-0.25, -0.2) is 4.68 Å². The molecule has 0 radical (unpaired) electrons. The summed E-state index contributed by atoms with van der Waals surface area (Å²) in [6.45, 7) is 11.1. The van der Waals surface area contributed by atoms with Crippen LogP contribution >= 0.6 is 11.8 Å². The smallest absolute Gasteiger partial charge is 0.235 e. The Hall–Kier alpha value is -2.25. The number of carbonyl (C=O) groups is 1. The molecule has 0 unspecified atom stereocenters. The van der Waals surface area contributed by atoms with E-state index in [2.05, 4.69) is 37.9 Å². The van der Waals surface area contributed by atoms with Crippen molar-refractivity contribution in [3.63, 3.8) is 0 Å². The quantitative estimate of drug-likeness (QED) is 0.703. The fraction of sp³-hybridized carbons (Fsp3) is 0.478. The Morgan fingerprint density at radius 2 is 2.17 bits per heavy atom. The van der Waals surface area contributed by atoms with Gasteiger partial charge in [0.25, 0.3) is 0 Å². The lowest BCUT2D eigenvalue weighted by Crippen LogP contribution is -2.36. The molecule has 160 valence electrons. The maximum atomic E-state index is 12.5. The molecule has 4 rings (SSSR count). The van der Waals surface area contributed by atoms with Gasteiger partial charge in [0.2, 0.25) is 5.91 Å². The van der Waals surface area contributed by atoms with Gasteiger partial charge in [-0.1, -0.05) is 24.8 Å². The Morgan fingerprint density at radius 3 is 2.87 bits per heavy atom. The highest BCUT2D eigenvalue weighted by Gasteiger charge is 2.36. The molecular formula is C23H29N3O3S. The molecule has 2 aliphatic heterocycles. The average molecular weight is 428 g/mol. The standard InChI is InChI=1S/C23H29N3O3S/c1-5-11-28-18-8-6-16(7-9-18)21-20-15(2)25-26(22(20)24-19(27)14-30-21)17-10-12-29-23(3,4)13-17/h5-9,17,21H,1,10-14H2,2-4H3,(H,24,27)/t17-,21-/m1/s1. The van der Waals surface area contributed by atoms with E-state index in [1.165, 1.54) is 0 Å². The molecule has 0 spiro atoms. The molecule has 7 heteroatoms. The van der Waals surface area contributed by atoms with E-state index in [1.807, 2.05) is 23.7 Å². The molecule has 1 amide bonds. The van der Waals surface area contributed by atoms with E-state index >= 15 is 0 Å². The average Bonchev–Trinajstić information content (AvgIpc) is 2.91. The van der Waals surface area contributed by atoms with Gasteiger partial charge >= 0.3 is 0 Å². The lowest BCUT2D eigenvalue weighted by Gasteiger charge is -2.36. The van der Waals surface area contributed by atoms with Crippen molar-refractivity contribution >= 4 is 23.5 Å². The number of amides is 1. The fourth-order valence-corrected chi connectivity index (χ4v) is 5.43. The summed E-state index contributed by atoms with van der Waals surface area (Å²) in [6.07, 6.45) is 3.48. The van der Waals surface area contributed by atoms with Gasteiger partial charge in [-0.3, -0.25) is 4.79 Å². The Balaban J connectivity index is 1.70. The molecule has 0 aliphatic carbocycles. The lowest BCUT2D eigenvalue weighted by molar-refractivity contribution is -0.113. The number of hydrogen-bond acceptors (Lipinski definition) is 5. The van der Waals surface area contributed by atoms with Gasteiger partial charge in [0, 0.05) is 12.2 Å². The number of hydrogen-bond donors (Lipinski definition) is 1. The van der Waals surface area contributed by atoms with Gasteiger partial charge in [0.15, 0.2) is 0 Å². The summed E-state index contributed by atoms with van der Waals surface area (Å²) in [5.41, 5.74) is 2.99. The number of nitrogens with zero attached hydrogens (tertiary/aromatic N) is 2. The molecule has 2 aromatic rings. The zero-order valence-corrected chi connectivity index (χ0v) is 18.6. The van der Waals surface area contributed by atoms with E-state index in [0.29, 0.717) is 19.0 Å². The van der Waals surface area contributed by atoms with Crippen molar-refractivity contribution in [3.05, 3.63) is 53.7 Å². The Labute approximate surface area is 182 Å². The molecule has 0 bridgehead atoms. The van der Waals surface area contributed by atoms with E-state index in [9.17, 15) is 4.79 Å². The topological polar surface area (TPSA) is 65.4 Å². The second-order valence-electron chi connectivity index (χ2n) is 8.45. The molecule has 2 atom stereocenters. The summed E-state index contributed by atoms with van der Waals surface area (Å²) in [6, 6.07) is 8.29. The van der Waals surface area contributed by atoms with Crippen LogP contribution in [-0.4, -0.2) is 40.3 Å². The van der Waals surface area contributed by atoms with Gasteiger partial charge in [0.1, 0.15) is 18.2 Å². The summed E-state index contributed by atoms with van der Waals surface area (Å²) in [5, 5.41) is 8.06. The van der Waals surface area contributed by atoms with Crippen molar-refractivity contribution in [2.75, 3.05) is 24.3 Å². The molecule has 3 heterocycles. The number of benzene rings is 1. The SMILES string of the molecule is C=CCOc1ccc([C@H]2SCC(=O)Nc3c2c(C)nn3[C@@H]2CCOC(C)(C)C2)cc1. The minimum absolute atomic E-state index is 0.0159. The van der Waals surface area contributed by atoms with Gasteiger partial charge in [0.05, 0.1) is 28.3 Å². The number of aryl methyl sites for hydroxylation is 1. The van der Waals surface area contributed by atoms with Gasteiger partial charge in [-0.05, 0) is 51.3 Å². The van der Waals surface area contributed by atoms with E-state index in [-0.39, 0.29) is 22.8 Å². The highest BCUT2D eigenvalue weighted by atomic mass is 32.2. The Bertz CT molecular complexity index is 936. The number of nitrogens with one attached hydrogen (secondary N) is 1. The predicted octanol–water partition coefficient (Wildman–Crippen LogP) is 4.66. The first-order valence-electron chi connectivity index (χ1n) is 10.4. The van der Waals surface area contributed by atoms with Crippen LogP contribution in [0.3, 0.4) is 0 Å². The van der Waals surface area contributed by atoms with Crippen LogP contribution < -0.4 is 10.1 Å². The number of carbonyl (C=O) groups excluding carboxylic acids is 1. The Morgan fingerprint density at radius 1 is 1.40 bits per heavy atom. The molecule has 1 saturated heterocycles. The van der Waals surface area contributed by atoms with Crippen molar-refractivity contribution in [2.24, 2.45) is 0 Å². The van der Waals surface area contributed by atoms with E-state index in [4.69, 9.17) is 14.6 Å². The summed E-state index contributed by atoms with van der Waals surface area (Å²) in [4.78, 5) is 12.5. The summed E-state index contributed by atoms with van der Waals surface area (Å²) < 4.78 is 13.5. The van der Waals surface area contributed by atoms with Crippen LogP contribution in [-0.2, 0) is 9.53 Å². The summed E-state index contributed by atoms with van der Waals surface area (Å²) >= 11 is 1.64. The fourth-order valence-electron chi connectivity index (χ4n) is 4.24. The first-order chi connectivity index (χ1) is 14.4. The Kier molecular flexibility index (Phi) is 5.93. The van der Waals surface area contributed by atoms with Crippen LogP contribution in [0.2, 0.25) is 0 Å². The van der Waals surface area contributed by atoms with E-state index in [1.54, 1.807) is 17.8 Å². The normalized spacial score (nSPS) is 23.2. The van der Waals surface area contributed by atoms with Crippen LogP contribution in [0.15, 0.2) is 36.9 Å². The van der Waals surface area contributed by atoms with Gasteiger partial charge < -0.3 is 14.8 Å². The number of aromatic nitrogens is 2. The molecule has 1 aromatic carbocycles. The van der Waals surface area contributed by atoms with Gasteiger partial charge in [-0.15, -0.1) is 11.8 Å². The molecule has 2 aliphatic rings. The third-order valence-electron chi connectivity index (χ3n) is 5.60. The van der Waals surface area contributed by atoms with Crippen LogP contribution in [0.4, 0.5) is 5.82 Å².